The third-order valence-corrected chi connectivity index (χ3v) is 9.84. The van der Waals surface area contributed by atoms with Crippen LogP contribution in [0, 0.1) is 17.3 Å². The zero-order chi connectivity index (χ0) is 19.8. The third kappa shape index (κ3) is 3.45. The number of hydrogen-bond donors (Lipinski definition) is 0. The highest BCUT2D eigenvalue weighted by atomic mass is 32.2. The zero-order valence-electron chi connectivity index (χ0n) is 17.9. The van der Waals surface area contributed by atoms with Crippen molar-refractivity contribution in [1.82, 2.24) is 9.80 Å². The summed E-state index contributed by atoms with van der Waals surface area (Å²) in [6.45, 7) is 3.09. The Balaban J connectivity index is 1.48. The van der Waals surface area contributed by atoms with Crippen molar-refractivity contribution in [2.45, 2.75) is 83.1 Å². The van der Waals surface area contributed by atoms with E-state index in [0.717, 1.165) is 30.8 Å². The first-order valence-corrected chi connectivity index (χ1v) is 12.8. The minimum absolute atomic E-state index is 0.159. The molecular weight excluding hydrogens is 368 g/mol. The van der Waals surface area contributed by atoms with Gasteiger partial charge in [0, 0.05) is 11.2 Å². The van der Waals surface area contributed by atoms with E-state index in [2.05, 4.69) is 18.9 Å². The lowest BCUT2D eigenvalue weighted by atomic mass is 9.66. The van der Waals surface area contributed by atoms with Gasteiger partial charge in [0.25, 0.3) is 0 Å². The summed E-state index contributed by atoms with van der Waals surface area (Å²) in [6, 6.07) is 0. The number of thioether (sulfide) groups is 1. The molecule has 4 fully saturated rings. The van der Waals surface area contributed by atoms with Crippen LogP contribution in [0.2, 0.25) is 0 Å². The van der Waals surface area contributed by atoms with Gasteiger partial charge in [-0.15, -0.1) is 0 Å². The number of hydrogen-bond acceptors (Lipinski definition) is 4. The third-order valence-electron chi connectivity index (χ3n) is 8.62. The van der Waals surface area contributed by atoms with Gasteiger partial charge in [0.15, 0.2) is 5.78 Å². The normalized spacial score (nSPS) is 36.4. The summed E-state index contributed by atoms with van der Waals surface area (Å²) in [5, 5.41) is 0. The Kier molecular flexibility index (Phi) is 6.13. The predicted octanol–water partition coefficient (Wildman–Crippen LogP) is 4.33. The van der Waals surface area contributed by atoms with Gasteiger partial charge in [-0.2, -0.15) is 11.8 Å². The number of nitrogens with zero attached hydrogens (tertiary/aromatic N) is 2. The van der Waals surface area contributed by atoms with E-state index in [1.807, 2.05) is 16.7 Å². The number of carbonyl (C=O) groups is 2. The van der Waals surface area contributed by atoms with Crippen molar-refractivity contribution >= 4 is 23.5 Å². The van der Waals surface area contributed by atoms with Gasteiger partial charge in [-0.25, -0.2) is 0 Å². The Morgan fingerprint density at radius 3 is 2.21 bits per heavy atom. The van der Waals surface area contributed by atoms with E-state index >= 15 is 0 Å². The van der Waals surface area contributed by atoms with Crippen LogP contribution in [0.4, 0.5) is 0 Å². The summed E-state index contributed by atoms with van der Waals surface area (Å²) < 4.78 is 0. The highest BCUT2D eigenvalue weighted by molar-refractivity contribution is 7.99. The molecule has 5 heteroatoms. The van der Waals surface area contributed by atoms with Crippen molar-refractivity contribution in [3.05, 3.63) is 0 Å². The molecule has 1 unspecified atom stereocenters. The van der Waals surface area contributed by atoms with Gasteiger partial charge in [0.1, 0.15) is 5.54 Å². The monoisotopic (exact) mass is 406 g/mol. The van der Waals surface area contributed by atoms with Crippen LogP contribution in [-0.2, 0) is 9.59 Å². The van der Waals surface area contributed by atoms with Gasteiger partial charge in [-0.1, -0.05) is 38.5 Å². The lowest BCUT2D eigenvalue weighted by Gasteiger charge is -2.40. The van der Waals surface area contributed by atoms with Crippen molar-refractivity contribution in [3.8, 4) is 0 Å². The topological polar surface area (TPSA) is 40.6 Å². The first-order chi connectivity index (χ1) is 13.5. The Morgan fingerprint density at radius 2 is 1.64 bits per heavy atom. The largest absolute Gasteiger partial charge is 0.321 e. The summed E-state index contributed by atoms with van der Waals surface area (Å²) in [7, 11) is 2.08. The van der Waals surface area contributed by atoms with Crippen LogP contribution in [0.25, 0.3) is 0 Å². The van der Waals surface area contributed by atoms with Crippen LogP contribution in [0.1, 0.15) is 77.6 Å². The molecule has 28 heavy (non-hydrogen) atoms. The minimum Gasteiger partial charge on any atom is -0.321 e. The number of amides is 1. The van der Waals surface area contributed by atoms with E-state index in [1.54, 1.807) is 0 Å². The maximum atomic E-state index is 13.6. The quantitative estimate of drug-likeness (QED) is 0.681. The Morgan fingerprint density at radius 1 is 1.04 bits per heavy atom. The van der Waals surface area contributed by atoms with E-state index in [0.29, 0.717) is 30.8 Å². The fourth-order valence-electron chi connectivity index (χ4n) is 6.56. The Bertz CT molecular complexity index is 591. The molecule has 4 aliphatic rings. The second-order valence-electron chi connectivity index (χ2n) is 10.0. The van der Waals surface area contributed by atoms with E-state index in [9.17, 15) is 9.59 Å². The smallest absolute Gasteiger partial charge is 0.244 e. The van der Waals surface area contributed by atoms with E-state index < -0.39 is 5.54 Å². The number of Topliss-reactive ketones (excluding diaryl/α,β-unsaturated/α-hetero) is 1. The van der Waals surface area contributed by atoms with Gasteiger partial charge >= 0.3 is 0 Å². The molecule has 4 nitrogen and oxygen atoms in total. The maximum absolute atomic E-state index is 13.6. The van der Waals surface area contributed by atoms with Gasteiger partial charge in [0.2, 0.25) is 5.91 Å². The van der Waals surface area contributed by atoms with Gasteiger partial charge in [0.05, 0.1) is 13.2 Å². The molecule has 0 bridgehead atoms. The summed E-state index contributed by atoms with van der Waals surface area (Å²) in [6.07, 6.45) is 13.4. The molecule has 0 aromatic heterocycles. The summed E-state index contributed by atoms with van der Waals surface area (Å²) >= 11 is 1.95. The molecule has 2 saturated carbocycles. The molecular formula is C23H38N2O2S. The molecule has 0 spiro atoms. The second kappa shape index (κ2) is 8.29. The van der Waals surface area contributed by atoms with Crippen molar-refractivity contribution in [1.29, 1.82) is 0 Å². The Labute approximate surface area is 175 Å². The maximum Gasteiger partial charge on any atom is 0.244 e. The number of rotatable bonds is 5. The molecule has 158 valence electrons. The molecule has 2 aliphatic carbocycles. The fourth-order valence-corrected chi connectivity index (χ4v) is 8.12. The van der Waals surface area contributed by atoms with Crippen LogP contribution in [0.3, 0.4) is 0 Å². The molecule has 2 aliphatic heterocycles. The van der Waals surface area contributed by atoms with Crippen molar-refractivity contribution in [2.24, 2.45) is 17.3 Å². The summed E-state index contributed by atoms with van der Waals surface area (Å²) in [4.78, 5) is 31.3. The van der Waals surface area contributed by atoms with Gasteiger partial charge in [-0.3, -0.25) is 14.5 Å². The van der Waals surface area contributed by atoms with E-state index in [-0.39, 0.29) is 11.3 Å². The predicted molar refractivity (Wildman–Crippen MR) is 115 cm³/mol. The van der Waals surface area contributed by atoms with Gasteiger partial charge < -0.3 is 4.90 Å². The average Bonchev–Trinajstić information content (AvgIpc) is 3.31. The highest BCUT2D eigenvalue weighted by Gasteiger charge is 2.54. The van der Waals surface area contributed by atoms with Crippen LogP contribution >= 0.6 is 11.8 Å². The molecule has 0 aromatic carbocycles. The fraction of sp³-hybridized carbons (Fsp3) is 0.913. The molecule has 0 radical (unpaired) electrons. The molecule has 2 atom stereocenters. The van der Waals surface area contributed by atoms with E-state index in [1.165, 1.54) is 51.4 Å². The molecule has 4 rings (SSSR count). The molecule has 1 amide bonds. The minimum atomic E-state index is -0.414. The van der Waals surface area contributed by atoms with Crippen LogP contribution in [-0.4, -0.2) is 58.8 Å². The lowest BCUT2D eigenvalue weighted by Crippen LogP contribution is -2.52. The van der Waals surface area contributed by atoms with Crippen LogP contribution < -0.4 is 0 Å². The molecule has 0 N–H and O–H groups in total. The Hall–Kier alpha value is -0.550. The SMILES string of the molecule is CN1CN(CC(=O)[C@@]2(C3CCCCC3)CCSC2)C(=O)C1(C)C1CCCCC1. The highest BCUT2D eigenvalue weighted by Crippen LogP contribution is 2.49. The average molecular weight is 407 g/mol. The first-order valence-electron chi connectivity index (χ1n) is 11.6. The van der Waals surface area contributed by atoms with Gasteiger partial charge in [-0.05, 0) is 63.7 Å². The molecule has 0 aromatic rings. The molecule has 2 heterocycles. The van der Waals surface area contributed by atoms with E-state index in [4.69, 9.17) is 0 Å². The summed E-state index contributed by atoms with van der Waals surface area (Å²) in [5.41, 5.74) is -0.573. The van der Waals surface area contributed by atoms with Crippen molar-refractivity contribution < 1.29 is 9.59 Å². The molecule has 2 saturated heterocycles. The lowest BCUT2D eigenvalue weighted by molar-refractivity contribution is -0.141. The van der Waals surface area contributed by atoms with Crippen molar-refractivity contribution in [3.63, 3.8) is 0 Å². The zero-order valence-corrected chi connectivity index (χ0v) is 18.7. The summed E-state index contributed by atoms with van der Waals surface area (Å²) in [5.74, 6) is 3.64. The first kappa shape index (κ1) is 20.7. The van der Waals surface area contributed by atoms with Crippen LogP contribution in [0.5, 0.6) is 0 Å². The second-order valence-corrected chi connectivity index (χ2v) is 11.1. The number of carbonyl (C=O) groups excluding carboxylic acids is 2. The standard InChI is InChI=1S/C23H38N2O2S/c1-22(18-9-5-3-6-10-18)21(27)25(17-24(22)2)15-20(26)23(13-14-28-16-23)19-11-7-4-8-12-19/h18-19H,3-17H2,1-2H3/t22?,23-/m0/s1. The number of likely N-dealkylation sites (N-methyl/N-ethyl adjacent to an activating group) is 1. The van der Waals surface area contributed by atoms with Crippen LogP contribution in [0.15, 0.2) is 0 Å². The van der Waals surface area contributed by atoms with Crippen molar-refractivity contribution in [2.75, 3.05) is 31.8 Å². The number of ketones is 1.